The van der Waals surface area contributed by atoms with Crippen molar-refractivity contribution in [2.45, 2.75) is 0 Å². The molecule has 0 aliphatic heterocycles. The van der Waals surface area contributed by atoms with Gasteiger partial charge in [0, 0.05) is 5.69 Å². The predicted molar refractivity (Wildman–Crippen MR) is 56.7 cm³/mol. The molecule has 0 radical (unpaired) electrons. The second kappa shape index (κ2) is 2.60. The third kappa shape index (κ3) is 1.10. The van der Waals surface area contributed by atoms with Gasteiger partial charge >= 0.3 is 0 Å². The lowest BCUT2D eigenvalue weighted by molar-refractivity contribution is 1.48. The zero-order valence-corrected chi connectivity index (χ0v) is 8.52. The predicted octanol–water partition coefficient (Wildman–Crippen LogP) is 2.48. The largest absolute Gasteiger partial charge is 0.398 e. The number of hydrogen-bond donors (Lipinski definition) is 1. The Kier molecular flexibility index (Phi) is 1.72. The first-order valence-corrected chi connectivity index (χ1v) is 5.02. The molecule has 0 spiro atoms. The first-order chi connectivity index (χ1) is 5.29. The maximum absolute atomic E-state index is 5.70. The van der Waals surface area contributed by atoms with Crippen LogP contribution in [-0.2, 0) is 0 Å². The minimum atomic E-state index is 0.809. The number of benzene rings is 1. The summed E-state index contributed by atoms with van der Waals surface area (Å²) in [6, 6.07) is 3.92. The van der Waals surface area contributed by atoms with Crippen molar-refractivity contribution in [3.8, 4) is 0 Å². The molecule has 0 bridgehead atoms. The van der Waals surface area contributed by atoms with Gasteiger partial charge in [-0.25, -0.2) is 4.98 Å². The zero-order chi connectivity index (χ0) is 7.84. The zero-order valence-electron chi connectivity index (χ0n) is 5.54. The average Bonchev–Trinajstić information content (AvgIpc) is 2.45. The topological polar surface area (TPSA) is 38.9 Å². The van der Waals surface area contributed by atoms with E-state index in [1.54, 1.807) is 11.3 Å². The second-order valence-corrected chi connectivity index (χ2v) is 4.13. The monoisotopic (exact) mass is 276 g/mol. The van der Waals surface area contributed by atoms with Crippen LogP contribution in [0.25, 0.3) is 10.2 Å². The van der Waals surface area contributed by atoms with Gasteiger partial charge in [0.15, 0.2) is 0 Å². The molecule has 0 aliphatic carbocycles. The number of rotatable bonds is 0. The lowest BCUT2D eigenvalue weighted by Gasteiger charge is -1.96. The normalized spacial score (nSPS) is 10.6. The van der Waals surface area contributed by atoms with Gasteiger partial charge < -0.3 is 5.73 Å². The summed E-state index contributed by atoms with van der Waals surface area (Å²) in [6.07, 6.45) is 0. The smallest absolute Gasteiger partial charge is 0.0966 e. The quantitative estimate of drug-likeness (QED) is 0.593. The molecule has 0 amide bonds. The Hall–Kier alpha value is -0.360. The summed E-state index contributed by atoms with van der Waals surface area (Å²) in [5, 5.41) is 0. The lowest BCUT2D eigenvalue weighted by atomic mass is 10.3. The first-order valence-electron chi connectivity index (χ1n) is 3.06. The molecule has 2 N–H and O–H groups in total. The van der Waals surface area contributed by atoms with Crippen LogP contribution in [0.15, 0.2) is 17.6 Å². The Morgan fingerprint density at radius 3 is 3.09 bits per heavy atom. The molecule has 0 saturated heterocycles. The summed E-state index contributed by atoms with van der Waals surface area (Å²) in [7, 11) is 0. The standard InChI is InChI=1S/C7H5IN2S/c8-6-4(9)1-2-5-7(6)10-3-11-5/h1-3H,9H2. The van der Waals surface area contributed by atoms with E-state index in [0.717, 1.165) is 14.8 Å². The van der Waals surface area contributed by atoms with Crippen LogP contribution in [0.5, 0.6) is 0 Å². The van der Waals surface area contributed by atoms with Gasteiger partial charge in [-0.15, -0.1) is 11.3 Å². The summed E-state index contributed by atoms with van der Waals surface area (Å²) in [5.41, 5.74) is 9.37. The molecule has 0 unspecified atom stereocenters. The number of fused-ring (bicyclic) bond motifs is 1. The molecule has 2 rings (SSSR count). The van der Waals surface area contributed by atoms with Crippen molar-refractivity contribution in [2.75, 3.05) is 5.73 Å². The summed E-state index contributed by atoms with van der Waals surface area (Å²) in [4.78, 5) is 4.21. The molecular weight excluding hydrogens is 271 g/mol. The Labute approximate surface area is 81.6 Å². The summed E-state index contributed by atoms with van der Waals surface area (Å²) in [5.74, 6) is 0. The molecule has 1 aromatic carbocycles. The van der Waals surface area contributed by atoms with E-state index in [0.29, 0.717) is 0 Å². The Morgan fingerprint density at radius 1 is 1.45 bits per heavy atom. The molecular formula is C7H5IN2S. The molecule has 2 nitrogen and oxygen atoms in total. The van der Waals surface area contributed by atoms with Crippen molar-refractivity contribution in [1.29, 1.82) is 0 Å². The molecule has 0 saturated carbocycles. The highest BCUT2D eigenvalue weighted by molar-refractivity contribution is 14.1. The van der Waals surface area contributed by atoms with Crippen LogP contribution in [0.1, 0.15) is 0 Å². The molecule has 0 atom stereocenters. The Morgan fingerprint density at radius 2 is 2.27 bits per heavy atom. The fourth-order valence-corrected chi connectivity index (χ4v) is 2.39. The van der Waals surface area contributed by atoms with Crippen LogP contribution in [0.4, 0.5) is 5.69 Å². The SMILES string of the molecule is Nc1ccc2scnc2c1I. The highest BCUT2D eigenvalue weighted by Crippen LogP contribution is 2.26. The van der Waals surface area contributed by atoms with Crippen molar-refractivity contribution >= 4 is 49.8 Å². The number of nitrogens with two attached hydrogens (primary N) is 1. The van der Waals surface area contributed by atoms with E-state index in [-0.39, 0.29) is 0 Å². The van der Waals surface area contributed by atoms with Crippen molar-refractivity contribution in [3.63, 3.8) is 0 Å². The fraction of sp³-hybridized carbons (Fsp3) is 0. The summed E-state index contributed by atoms with van der Waals surface area (Å²) < 4.78 is 2.25. The molecule has 1 aromatic heterocycles. The van der Waals surface area contributed by atoms with E-state index in [4.69, 9.17) is 5.73 Å². The van der Waals surface area contributed by atoms with Crippen molar-refractivity contribution in [2.24, 2.45) is 0 Å². The van der Waals surface area contributed by atoms with Crippen LogP contribution in [-0.4, -0.2) is 4.98 Å². The molecule has 11 heavy (non-hydrogen) atoms. The van der Waals surface area contributed by atoms with Gasteiger partial charge in [-0.05, 0) is 34.7 Å². The van der Waals surface area contributed by atoms with Gasteiger partial charge in [-0.2, -0.15) is 0 Å². The van der Waals surface area contributed by atoms with Crippen LogP contribution in [0.3, 0.4) is 0 Å². The molecule has 56 valence electrons. The van der Waals surface area contributed by atoms with Gasteiger partial charge in [0.05, 0.1) is 19.3 Å². The molecule has 2 aromatic rings. The van der Waals surface area contributed by atoms with Gasteiger partial charge in [0.1, 0.15) is 0 Å². The van der Waals surface area contributed by atoms with Crippen LogP contribution >= 0.6 is 33.9 Å². The maximum atomic E-state index is 5.70. The summed E-state index contributed by atoms with van der Waals surface area (Å²) >= 11 is 3.86. The Bertz CT molecular complexity index is 396. The number of thiazole rings is 1. The van der Waals surface area contributed by atoms with Crippen molar-refractivity contribution < 1.29 is 0 Å². The molecule has 0 fully saturated rings. The van der Waals surface area contributed by atoms with Gasteiger partial charge in [0.2, 0.25) is 0 Å². The van der Waals surface area contributed by atoms with Gasteiger partial charge in [-0.1, -0.05) is 0 Å². The average molecular weight is 276 g/mol. The first kappa shape index (κ1) is 7.30. The van der Waals surface area contributed by atoms with E-state index in [9.17, 15) is 0 Å². The number of hydrogen-bond acceptors (Lipinski definition) is 3. The van der Waals surface area contributed by atoms with Crippen LogP contribution in [0, 0.1) is 3.57 Å². The minimum Gasteiger partial charge on any atom is -0.398 e. The number of nitrogen functional groups attached to an aromatic ring is 1. The van der Waals surface area contributed by atoms with E-state index < -0.39 is 0 Å². The van der Waals surface area contributed by atoms with E-state index in [2.05, 4.69) is 27.6 Å². The number of halogens is 1. The number of nitrogens with zero attached hydrogens (tertiary/aromatic N) is 1. The molecule has 0 aliphatic rings. The third-order valence-corrected chi connectivity index (χ3v) is 3.40. The highest BCUT2D eigenvalue weighted by atomic mass is 127. The molecule has 1 heterocycles. The van der Waals surface area contributed by atoms with Crippen molar-refractivity contribution in [1.82, 2.24) is 4.98 Å². The number of anilines is 1. The van der Waals surface area contributed by atoms with Gasteiger partial charge in [0.25, 0.3) is 0 Å². The highest BCUT2D eigenvalue weighted by Gasteiger charge is 2.03. The summed E-state index contributed by atoms with van der Waals surface area (Å²) in [6.45, 7) is 0. The van der Waals surface area contributed by atoms with E-state index >= 15 is 0 Å². The van der Waals surface area contributed by atoms with Gasteiger partial charge in [-0.3, -0.25) is 0 Å². The molecule has 4 heteroatoms. The third-order valence-electron chi connectivity index (χ3n) is 1.47. The van der Waals surface area contributed by atoms with E-state index in [1.165, 1.54) is 4.70 Å². The van der Waals surface area contributed by atoms with Crippen LogP contribution < -0.4 is 5.73 Å². The number of aromatic nitrogens is 1. The maximum Gasteiger partial charge on any atom is 0.0966 e. The second-order valence-electron chi connectivity index (χ2n) is 2.17. The Balaban J connectivity index is 2.93. The van der Waals surface area contributed by atoms with Crippen molar-refractivity contribution in [3.05, 3.63) is 21.2 Å². The lowest BCUT2D eigenvalue weighted by Crippen LogP contribution is -1.88. The fourth-order valence-electron chi connectivity index (χ4n) is 0.914. The van der Waals surface area contributed by atoms with E-state index in [1.807, 2.05) is 17.6 Å². The van der Waals surface area contributed by atoms with Crippen LogP contribution in [0.2, 0.25) is 0 Å². The minimum absolute atomic E-state index is 0.809.